The number of halogens is 1. The van der Waals surface area contributed by atoms with Gasteiger partial charge in [-0.1, -0.05) is 6.07 Å². The van der Waals surface area contributed by atoms with E-state index in [4.69, 9.17) is 0 Å². The lowest BCUT2D eigenvalue weighted by Gasteiger charge is -2.32. The first kappa shape index (κ1) is 15.4. The van der Waals surface area contributed by atoms with Crippen LogP contribution in [0.2, 0.25) is 0 Å². The third-order valence-electron chi connectivity index (χ3n) is 2.85. The Morgan fingerprint density at radius 3 is 2.89 bits per heavy atom. The molecule has 1 aromatic rings. The molecule has 102 valence electrons. The van der Waals surface area contributed by atoms with Crippen molar-refractivity contribution in [1.82, 2.24) is 14.6 Å². The number of hydrogen-bond donors (Lipinski definition) is 1. The third kappa shape index (κ3) is 3.65. The molecule has 1 aliphatic rings. The molecule has 2 heterocycles. The van der Waals surface area contributed by atoms with Gasteiger partial charge in [0.1, 0.15) is 5.75 Å². The average molecular weight is 292 g/mol. The van der Waals surface area contributed by atoms with E-state index in [-0.39, 0.29) is 24.2 Å². The highest BCUT2D eigenvalue weighted by Crippen LogP contribution is 2.13. The van der Waals surface area contributed by atoms with Gasteiger partial charge in [-0.05, 0) is 19.1 Å². The van der Waals surface area contributed by atoms with Gasteiger partial charge in [-0.2, -0.15) is 4.31 Å². The number of aromatic nitrogens is 1. The molecule has 1 saturated heterocycles. The van der Waals surface area contributed by atoms with Crippen molar-refractivity contribution in [3.63, 3.8) is 0 Å². The molecule has 1 atom stereocenters. The minimum atomic E-state index is -3.25. The number of rotatable bonds is 3. The minimum absolute atomic E-state index is 0. The second-order valence-electron chi connectivity index (χ2n) is 4.24. The number of hydrogen-bond acceptors (Lipinski definition) is 4. The van der Waals surface area contributed by atoms with Gasteiger partial charge in [-0.15, -0.1) is 12.4 Å². The second-order valence-corrected chi connectivity index (χ2v) is 6.16. The number of pyridine rings is 1. The third-order valence-corrected chi connectivity index (χ3v) is 4.77. The van der Waals surface area contributed by atoms with Gasteiger partial charge in [0.05, 0.1) is 5.69 Å². The SMILES string of the molecule is CC1CNCCN1S(=O)(=O)Cc1ccccn1.Cl. The molecule has 0 bridgehead atoms. The van der Waals surface area contributed by atoms with Crippen LogP contribution in [0.5, 0.6) is 0 Å². The molecule has 1 aromatic heterocycles. The second kappa shape index (κ2) is 6.47. The largest absolute Gasteiger partial charge is 0.314 e. The summed E-state index contributed by atoms with van der Waals surface area (Å²) in [6.45, 7) is 3.88. The Bertz CT molecular complexity index is 466. The van der Waals surface area contributed by atoms with Gasteiger partial charge >= 0.3 is 0 Å². The Labute approximate surface area is 114 Å². The maximum atomic E-state index is 12.2. The summed E-state index contributed by atoms with van der Waals surface area (Å²) < 4.78 is 26.0. The van der Waals surface area contributed by atoms with Crippen LogP contribution >= 0.6 is 12.4 Å². The van der Waals surface area contributed by atoms with Crippen molar-refractivity contribution in [3.05, 3.63) is 30.1 Å². The lowest BCUT2D eigenvalue weighted by molar-refractivity contribution is 0.283. The van der Waals surface area contributed by atoms with Gasteiger partial charge in [0.2, 0.25) is 10.0 Å². The fourth-order valence-corrected chi connectivity index (χ4v) is 3.69. The van der Waals surface area contributed by atoms with E-state index in [0.29, 0.717) is 25.3 Å². The van der Waals surface area contributed by atoms with E-state index in [1.165, 1.54) is 0 Å². The van der Waals surface area contributed by atoms with Gasteiger partial charge < -0.3 is 5.32 Å². The molecule has 2 rings (SSSR count). The first-order valence-corrected chi connectivity index (χ1v) is 7.30. The molecule has 0 aliphatic carbocycles. The summed E-state index contributed by atoms with van der Waals surface area (Å²) in [5.74, 6) is -0.0157. The van der Waals surface area contributed by atoms with E-state index in [1.54, 1.807) is 28.7 Å². The van der Waals surface area contributed by atoms with Gasteiger partial charge in [-0.25, -0.2) is 8.42 Å². The van der Waals surface area contributed by atoms with Crippen LogP contribution in [0.25, 0.3) is 0 Å². The van der Waals surface area contributed by atoms with Crippen molar-refractivity contribution in [2.45, 2.75) is 18.7 Å². The molecule has 0 radical (unpaired) electrons. The van der Waals surface area contributed by atoms with Crippen molar-refractivity contribution in [3.8, 4) is 0 Å². The summed E-state index contributed by atoms with van der Waals surface area (Å²) >= 11 is 0. The van der Waals surface area contributed by atoms with E-state index in [0.717, 1.165) is 0 Å². The van der Waals surface area contributed by atoms with Crippen LogP contribution in [0.1, 0.15) is 12.6 Å². The van der Waals surface area contributed by atoms with Gasteiger partial charge in [0.15, 0.2) is 0 Å². The van der Waals surface area contributed by atoms with Crippen LogP contribution in [0.3, 0.4) is 0 Å². The standard InChI is InChI=1S/C11H17N3O2S.ClH/c1-10-8-12-6-7-14(10)17(15,16)9-11-4-2-3-5-13-11;/h2-5,10,12H,6-9H2,1H3;1H. The average Bonchev–Trinajstić information content (AvgIpc) is 2.30. The van der Waals surface area contributed by atoms with E-state index in [1.807, 2.05) is 6.92 Å². The molecular weight excluding hydrogens is 274 g/mol. The zero-order chi connectivity index (χ0) is 12.3. The van der Waals surface area contributed by atoms with Crippen molar-refractivity contribution in [1.29, 1.82) is 0 Å². The number of sulfonamides is 1. The normalized spacial score (nSPS) is 21.3. The van der Waals surface area contributed by atoms with Crippen molar-refractivity contribution < 1.29 is 8.42 Å². The van der Waals surface area contributed by atoms with E-state index in [2.05, 4.69) is 10.3 Å². The summed E-state index contributed by atoms with van der Waals surface area (Å²) in [5, 5.41) is 3.18. The summed E-state index contributed by atoms with van der Waals surface area (Å²) in [4.78, 5) is 4.06. The Morgan fingerprint density at radius 2 is 2.28 bits per heavy atom. The summed E-state index contributed by atoms with van der Waals surface area (Å²) in [7, 11) is -3.25. The van der Waals surface area contributed by atoms with E-state index < -0.39 is 10.0 Å². The van der Waals surface area contributed by atoms with Crippen LogP contribution in [0.4, 0.5) is 0 Å². The lowest BCUT2D eigenvalue weighted by atomic mass is 10.3. The molecule has 1 fully saturated rings. The summed E-state index contributed by atoms with van der Waals surface area (Å²) in [5.41, 5.74) is 0.596. The highest BCUT2D eigenvalue weighted by atomic mass is 35.5. The predicted molar refractivity (Wildman–Crippen MR) is 73.1 cm³/mol. The number of nitrogens with zero attached hydrogens (tertiary/aromatic N) is 2. The quantitative estimate of drug-likeness (QED) is 0.887. The molecular formula is C11H18ClN3O2S. The number of piperazine rings is 1. The zero-order valence-electron chi connectivity index (χ0n) is 10.2. The summed E-state index contributed by atoms with van der Waals surface area (Å²) in [6.07, 6.45) is 1.62. The molecule has 0 aromatic carbocycles. The Hall–Kier alpha value is -0.690. The van der Waals surface area contributed by atoms with Crippen LogP contribution in [0, 0.1) is 0 Å². The fourth-order valence-electron chi connectivity index (χ4n) is 1.99. The molecule has 18 heavy (non-hydrogen) atoms. The Morgan fingerprint density at radius 1 is 1.50 bits per heavy atom. The van der Waals surface area contributed by atoms with Crippen molar-refractivity contribution >= 4 is 22.4 Å². The topological polar surface area (TPSA) is 62.3 Å². The molecule has 0 saturated carbocycles. The smallest absolute Gasteiger partial charge is 0.220 e. The Balaban J connectivity index is 0.00000162. The first-order chi connectivity index (χ1) is 8.09. The van der Waals surface area contributed by atoms with Crippen LogP contribution in [-0.4, -0.2) is 43.4 Å². The predicted octanol–water partition coefficient (Wildman–Crippen LogP) is 0.627. The zero-order valence-corrected chi connectivity index (χ0v) is 11.9. The van der Waals surface area contributed by atoms with Crippen LogP contribution in [0.15, 0.2) is 24.4 Å². The molecule has 1 unspecified atom stereocenters. The van der Waals surface area contributed by atoms with Gasteiger partial charge in [-0.3, -0.25) is 4.98 Å². The monoisotopic (exact) mass is 291 g/mol. The molecule has 7 heteroatoms. The maximum absolute atomic E-state index is 12.2. The minimum Gasteiger partial charge on any atom is -0.314 e. The van der Waals surface area contributed by atoms with E-state index in [9.17, 15) is 8.42 Å². The van der Waals surface area contributed by atoms with Crippen LogP contribution in [-0.2, 0) is 15.8 Å². The molecule has 5 nitrogen and oxygen atoms in total. The van der Waals surface area contributed by atoms with Gasteiger partial charge in [0.25, 0.3) is 0 Å². The van der Waals surface area contributed by atoms with Crippen LogP contribution < -0.4 is 5.32 Å². The fraction of sp³-hybridized carbons (Fsp3) is 0.545. The molecule has 0 amide bonds. The highest BCUT2D eigenvalue weighted by Gasteiger charge is 2.29. The molecule has 1 N–H and O–H groups in total. The van der Waals surface area contributed by atoms with Gasteiger partial charge in [0, 0.05) is 31.9 Å². The lowest BCUT2D eigenvalue weighted by Crippen LogP contribution is -2.52. The Kier molecular flexibility index (Phi) is 5.52. The summed E-state index contributed by atoms with van der Waals surface area (Å²) in [6, 6.07) is 5.34. The molecule has 1 aliphatic heterocycles. The van der Waals surface area contributed by atoms with E-state index >= 15 is 0 Å². The number of nitrogens with one attached hydrogen (secondary N) is 1. The van der Waals surface area contributed by atoms with Crippen molar-refractivity contribution in [2.24, 2.45) is 0 Å². The first-order valence-electron chi connectivity index (χ1n) is 5.70. The highest BCUT2D eigenvalue weighted by molar-refractivity contribution is 7.88. The molecule has 0 spiro atoms. The maximum Gasteiger partial charge on any atom is 0.220 e. The van der Waals surface area contributed by atoms with Crippen molar-refractivity contribution in [2.75, 3.05) is 19.6 Å².